The topological polar surface area (TPSA) is 63.2 Å². The van der Waals surface area contributed by atoms with Crippen LogP contribution in [0.4, 0.5) is 0 Å². The Morgan fingerprint density at radius 3 is 2.65 bits per heavy atom. The molecule has 0 aliphatic carbocycles. The average molecular weight is 345 g/mol. The molecule has 0 spiro atoms. The van der Waals surface area contributed by atoms with E-state index in [9.17, 15) is 8.42 Å². The van der Waals surface area contributed by atoms with Crippen molar-refractivity contribution in [2.75, 3.05) is 13.1 Å². The number of aromatic nitrogens is 2. The fourth-order valence-electron chi connectivity index (χ4n) is 2.81. The number of aryl methyl sites for hydroxylation is 1. The van der Waals surface area contributed by atoms with Crippen LogP contribution >= 0.6 is 11.3 Å². The summed E-state index contributed by atoms with van der Waals surface area (Å²) < 4.78 is 27.9. The molecule has 1 aromatic carbocycles. The maximum absolute atomic E-state index is 12.7. The van der Waals surface area contributed by atoms with Gasteiger partial charge in [0.25, 0.3) is 0 Å². The highest BCUT2D eigenvalue weighted by molar-refractivity contribution is 7.89. The number of rotatable bonds is 3. The zero-order valence-corrected chi connectivity index (χ0v) is 14.1. The minimum absolute atomic E-state index is 0.252. The van der Waals surface area contributed by atoms with E-state index in [1.165, 1.54) is 15.6 Å². The maximum Gasteiger partial charge on any atom is 0.243 e. The predicted octanol–water partition coefficient (Wildman–Crippen LogP) is 2.79. The van der Waals surface area contributed by atoms with Crippen molar-refractivity contribution in [1.29, 1.82) is 0 Å². The van der Waals surface area contributed by atoms with E-state index in [1.54, 1.807) is 30.6 Å². The molecule has 7 heteroatoms. The van der Waals surface area contributed by atoms with Gasteiger partial charge >= 0.3 is 0 Å². The molecular formula is C16H15N3O2S2. The largest absolute Gasteiger partial charge is 0.265 e. The van der Waals surface area contributed by atoms with Crippen LogP contribution in [-0.4, -0.2) is 35.8 Å². The van der Waals surface area contributed by atoms with E-state index in [2.05, 4.69) is 9.97 Å². The van der Waals surface area contributed by atoms with Gasteiger partial charge in [0.05, 0.1) is 20.1 Å². The van der Waals surface area contributed by atoms with Crippen LogP contribution in [0.5, 0.6) is 0 Å². The van der Waals surface area contributed by atoms with Crippen molar-refractivity contribution in [3.8, 4) is 0 Å². The Hall–Kier alpha value is -1.83. The minimum Gasteiger partial charge on any atom is -0.265 e. The molecule has 2 aromatic heterocycles. The van der Waals surface area contributed by atoms with Crippen LogP contribution in [0.25, 0.3) is 10.2 Å². The first-order valence-corrected chi connectivity index (χ1v) is 9.57. The number of hydrogen-bond acceptors (Lipinski definition) is 5. The number of nitrogens with zero attached hydrogens (tertiary/aromatic N) is 3. The molecule has 0 atom stereocenters. The van der Waals surface area contributed by atoms with Gasteiger partial charge in [-0.2, -0.15) is 4.31 Å². The van der Waals surface area contributed by atoms with E-state index in [1.807, 2.05) is 19.1 Å². The van der Waals surface area contributed by atoms with Crippen molar-refractivity contribution in [1.82, 2.24) is 14.3 Å². The first-order valence-electron chi connectivity index (χ1n) is 7.31. The quantitative estimate of drug-likeness (QED) is 0.732. The molecule has 0 amide bonds. The summed E-state index contributed by atoms with van der Waals surface area (Å²) in [5, 5.41) is 0.941. The van der Waals surface area contributed by atoms with E-state index < -0.39 is 10.0 Å². The lowest BCUT2D eigenvalue weighted by molar-refractivity contribution is 0.264. The minimum atomic E-state index is -3.43. The molecule has 0 bridgehead atoms. The molecule has 0 N–H and O–H groups in total. The molecule has 23 heavy (non-hydrogen) atoms. The van der Waals surface area contributed by atoms with Gasteiger partial charge in [0.1, 0.15) is 0 Å². The van der Waals surface area contributed by atoms with Crippen molar-refractivity contribution < 1.29 is 8.42 Å². The standard InChI is InChI=1S/C16H15N3O2S2/c1-11-18-15-3-2-14(8-16(15)22-11)23(20,21)19-9-13(10-19)12-4-6-17-7-5-12/h2-8,13H,9-10H2,1H3. The van der Waals surface area contributed by atoms with Crippen LogP contribution in [0.1, 0.15) is 16.5 Å². The highest BCUT2D eigenvalue weighted by Gasteiger charge is 2.37. The van der Waals surface area contributed by atoms with Crippen molar-refractivity contribution in [3.63, 3.8) is 0 Å². The highest BCUT2D eigenvalue weighted by atomic mass is 32.2. The Morgan fingerprint density at radius 2 is 1.91 bits per heavy atom. The third kappa shape index (κ3) is 2.54. The molecule has 5 nitrogen and oxygen atoms in total. The number of thiazole rings is 1. The van der Waals surface area contributed by atoms with Gasteiger partial charge in [-0.15, -0.1) is 11.3 Å². The fourth-order valence-corrected chi connectivity index (χ4v) is 5.31. The molecule has 1 aliphatic heterocycles. The summed E-state index contributed by atoms with van der Waals surface area (Å²) in [6.45, 7) is 2.96. The molecular weight excluding hydrogens is 330 g/mol. The third-order valence-corrected chi connectivity index (χ3v) is 6.89. The Labute approximate surface area is 138 Å². The molecule has 1 fully saturated rings. The van der Waals surface area contributed by atoms with Gasteiger partial charge in [-0.05, 0) is 42.8 Å². The summed E-state index contributed by atoms with van der Waals surface area (Å²) in [7, 11) is -3.43. The number of benzene rings is 1. The maximum atomic E-state index is 12.7. The summed E-state index contributed by atoms with van der Waals surface area (Å²) in [6.07, 6.45) is 3.49. The van der Waals surface area contributed by atoms with Gasteiger partial charge in [-0.3, -0.25) is 4.98 Å². The van der Waals surface area contributed by atoms with Crippen LogP contribution in [0.15, 0.2) is 47.6 Å². The second-order valence-electron chi connectivity index (χ2n) is 5.66. The van der Waals surface area contributed by atoms with Gasteiger partial charge in [-0.25, -0.2) is 13.4 Å². The van der Waals surface area contributed by atoms with Crippen molar-refractivity contribution >= 4 is 31.6 Å². The third-order valence-electron chi connectivity index (χ3n) is 4.13. The SMILES string of the molecule is Cc1nc2ccc(S(=O)(=O)N3CC(c4ccncc4)C3)cc2s1. The lowest BCUT2D eigenvalue weighted by Crippen LogP contribution is -2.48. The van der Waals surface area contributed by atoms with Crippen LogP contribution < -0.4 is 0 Å². The number of pyridine rings is 1. The lowest BCUT2D eigenvalue weighted by Gasteiger charge is -2.38. The molecule has 1 aliphatic rings. The van der Waals surface area contributed by atoms with Crippen molar-refractivity contribution in [3.05, 3.63) is 53.3 Å². The van der Waals surface area contributed by atoms with E-state index in [4.69, 9.17) is 0 Å². The van der Waals surface area contributed by atoms with E-state index in [-0.39, 0.29) is 5.92 Å². The summed E-state index contributed by atoms with van der Waals surface area (Å²) in [5.74, 6) is 0.252. The summed E-state index contributed by atoms with van der Waals surface area (Å²) >= 11 is 1.52. The zero-order chi connectivity index (χ0) is 16.0. The second kappa shape index (κ2) is 5.36. The molecule has 4 rings (SSSR count). The first kappa shape index (κ1) is 14.7. The molecule has 118 valence electrons. The summed E-state index contributed by atoms with van der Waals surface area (Å²) in [5.41, 5.74) is 1.99. The number of fused-ring (bicyclic) bond motifs is 1. The first-order chi connectivity index (χ1) is 11.0. The van der Waals surface area contributed by atoms with E-state index in [0.29, 0.717) is 18.0 Å². The number of sulfonamides is 1. The Kier molecular flexibility index (Phi) is 3.44. The summed E-state index contributed by atoms with van der Waals surface area (Å²) in [6, 6.07) is 9.05. The smallest absolute Gasteiger partial charge is 0.243 e. The molecule has 0 radical (unpaired) electrons. The van der Waals surface area contributed by atoms with Crippen LogP contribution in [0.3, 0.4) is 0 Å². The van der Waals surface area contributed by atoms with Gasteiger partial charge in [0, 0.05) is 31.4 Å². The zero-order valence-electron chi connectivity index (χ0n) is 12.5. The normalized spacial score (nSPS) is 16.6. The molecule has 3 aromatic rings. The fraction of sp³-hybridized carbons (Fsp3) is 0.250. The van der Waals surface area contributed by atoms with Crippen LogP contribution in [0, 0.1) is 6.92 Å². The highest BCUT2D eigenvalue weighted by Crippen LogP contribution is 2.33. The molecule has 0 unspecified atom stereocenters. The molecule has 3 heterocycles. The van der Waals surface area contributed by atoms with Gasteiger partial charge < -0.3 is 0 Å². The van der Waals surface area contributed by atoms with Crippen molar-refractivity contribution in [2.45, 2.75) is 17.7 Å². The monoisotopic (exact) mass is 345 g/mol. The second-order valence-corrected chi connectivity index (χ2v) is 8.83. The predicted molar refractivity (Wildman–Crippen MR) is 90.1 cm³/mol. The van der Waals surface area contributed by atoms with Crippen LogP contribution in [0.2, 0.25) is 0 Å². The molecule has 0 saturated carbocycles. The average Bonchev–Trinajstić information content (AvgIpc) is 2.85. The van der Waals surface area contributed by atoms with Crippen LogP contribution in [-0.2, 0) is 10.0 Å². The Balaban J connectivity index is 1.58. The van der Waals surface area contributed by atoms with E-state index in [0.717, 1.165) is 20.8 Å². The summed E-state index contributed by atoms with van der Waals surface area (Å²) in [4.78, 5) is 8.72. The van der Waals surface area contributed by atoms with Gasteiger partial charge in [-0.1, -0.05) is 0 Å². The Bertz CT molecular complexity index is 961. The van der Waals surface area contributed by atoms with Crippen molar-refractivity contribution in [2.24, 2.45) is 0 Å². The Morgan fingerprint density at radius 1 is 1.17 bits per heavy atom. The van der Waals surface area contributed by atoms with Gasteiger partial charge in [0.15, 0.2) is 0 Å². The van der Waals surface area contributed by atoms with E-state index >= 15 is 0 Å². The lowest BCUT2D eigenvalue weighted by atomic mass is 9.95. The number of hydrogen-bond donors (Lipinski definition) is 0. The molecule has 1 saturated heterocycles. The van der Waals surface area contributed by atoms with Gasteiger partial charge in [0.2, 0.25) is 10.0 Å².